The van der Waals surface area contributed by atoms with Crippen LogP contribution in [0.25, 0.3) is 0 Å². The van der Waals surface area contributed by atoms with E-state index in [4.69, 9.17) is 0 Å². The van der Waals surface area contributed by atoms with Crippen molar-refractivity contribution in [3.63, 3.8) is 0 Å². The van der Waals surface area contributed by atoms with E-state index in [1.807, 2.05) is 13.0 Å². The molecule has 0 bridgehead atoms. The van der Waals surface area contributed by atoms with Gasteiger partial charge in [-0.2, -0.15) is 0 Å². The largest absolute Gasteiger partial charge is 0.469 e. The van der Waals surface area contributed by atoms with Crippen LogP contribution in [0.5, 0.6) is 0 Å². The standard InChI is InChI=1S/C10H12N2O2/c1-6-3-4-11-9(12-6)7-5-8(7)10(13)14-2/h3-4,7-8H,5H2,1-2H3/t7-,8-/m0/s1. The Hall–Kier alpha value is -1.45. The third-order valence-corrected chi connectivity index (χ3v) is 2.44. The van der Waals surface area contributed by atoms with Crippen molar-refractivity contribution >= 4 is 5.97 Å². The van der Waals surface area contributed by atoms with Gasteiger partial charge >= 0.3 is 5.97 Å². The zero-order valence-electron chi connectivity index (χ0n) is 8.23. The van der Waals surface area contributed by atoms with Crippen LogP contribution < -0.4 is 0 Å². The molecule has 2 rings (SSSR count). The molecule has 0 N–H and O–H groups in total. The molecule has 14 heavy (non-hydrogen) atoms. The number of nitrogens with zero attached hydrogens (tertiary/aromatic N) is 2. The zero-order valence-corrected chi connectivity index (χ0v) is 8.23. The molecule has 1 heterocycles. The normalized spacial score (nSPS) is 24.4. The van der Waals surface area contributed by atoms with Crippen LogP contribution in [0.1, 0.15) is 23.9 Å². The van der Waals surface area contributed by atoms with E-state index in [0.29, 0.717) is 0 Å². The number of rotatable bonds is 2. The highest BCUT2D eigenvalue weighted by atomic mass is 16.5. The lowest BCUT2D eigenvalue weighted by Crippen LogP contribution is -2.05. The maximum absolute atomic E-state index is 11.2. The lowest BCUT2D eigenvalue weighted by molar-refractivity contribution is -0.142. The Morgan fingerprint density at radius 3 is 3.07 bits per heavy atom. The van der Waals surface area contributed by atoms with Gasteiger partial charge in [0, 0.05) is 17.8 Å². The van der Waals surface area contributed by atoms with Gasteiger partial charge in [0.15, 0.2) is 0 Å². The number of carbonyl (C=O) groups excluding carboxylic acids is 1. The van der Waals surface area contributed by atoms with Gasteiger partial charge < -0.3 is 4.74 Å². The van der Waals surface area contributed by atoms with Crippen molar-refractivity contribution in [2.45, 2.75) is 19.3 Å². The molecule has 1 aliphatic carbocycles. The van der Waals surface area contributed by atoms with Crippen LogP contribution in [-0.2, 0) is 9.53 Å². The smallest absolute Gasteiger partial charge is 0.309 e. The van der Waals surface area contributed by atoms with Gasteiger partial charge in [-0.05, 0) is 19.4 Å². The van der Waals surface area contributed by atoms with Crippen LogP contribution in [-0.4, -0.2) is 23.0 Å². The monoisotopic (exact) mass is 192 g/mol. The molecule has 2 atom stereocenters. The fraction of sp³-hybridized carbons (Fsp3) is 0.500. The van der Waals surface area contributed by atoms with Gasteiger partial charge in [-0.1, -0.05) is 0 Å². The van der Waals surface area contributed by atoms with Gasteiger partial charge in [-0.3, -0.25) is 4.79 Å². The molecule has 4 nitrogen and oxygen atoms in total. The minimum absolute atomic E-state index is 0.0261. The van der Waals surface area contributed by atoms with Crippen LogP contribution in [0.2, 0.25) is 0 Å². The third-order valence-electron chi connectivity index (χ3n) is 2.44. The molecular formula is C10H12N2O2. The van der Waals surface area contributed by atoms with E-state index in [1.165, 1.54) is 7.11 Å². The molecule has 1 saturated carbocycles. The SMILES string of the molecule is COC(=O)[C@H]1C[C@@H]1c1nccc(C)n1. The molecule has 0 unspecified atom stereocenters. The summed E-state index contributed by atoms with van der Waals surface area (Å²) in [6.07, 6.45) is 2.54. The highest BCUT2D eigenvalue weighted by Gasteiger charge is 2.46. The first-order chi connectivity index (χ1) is 6.72. The van der Waals surface area contributed by atoms with Crippen molar-refractivity contribution in [3.05, 3.63) is 23.8 Å². The summed E-state index contributed by atoms with van der Waals surface area (Å²) >= 11 is 0. The molecule has 1 aromatic rings. The second-order valence-electron chi connectivity index (χ2n) is 3.53. The molecule has 1 aromatic heterocycles. The molecule has 4 heteroatoms. The number of carbonyl (C=O) groups is 1. The molecule has 74 valence electrons. The summed E-state index contributed by atoms with van der Waals surface area (Å²) in [6.45, 7) is 1.92. The maximum atomic E-state index is 11.2. The molecule has 0 saturated heterocycles. The molecule has 0 amide bonds. The summed E-state index contributed by atoms with van der Waals surface area (Å²) in [5, 5.41) is 0. The molecule has 0 spiro atoms. The first-order valence-corrected chi connectivity index (χ1v) is 4.59. The molecule has 0 aliphatic heterocycles. The van der Waals surface area contributed by atoms with Gasteiger partial charge in [0.05, 0.1) is 13.0 Å². The van der Waals surface area contributed by atoms with Gasteiger partial charge in [0.1, 0.15) is 5.82 Å². The summed E-state index contributed by atoms with van der Waals surface area (Å²) in [5.41, 5.74) is 0.936. The van der Waals surface area contributed by atoms with Crippen molar-refractivity contribution in [1.29, 1.82) is 0 Å². The Bertz CT molecular complexity index is 365. The van der Waals surface area contributed by atoms with E-state index in [2.05, 4.69) is 14.7 Å². The number of aromatic nitrogens is 2. The lowest BCUT2D eigenvalue weighted by Gasteiger charge is -1.98. The molecule has 0 aromatic carbocycles. The summed E-state index contributed by atoms with van der Waals surface area (Å²) in [6, 6.07) is 1.85. The minimum atomic E-state index is -0.153. The van der Waals surface area contributed by atoms with Gasteiger partial charge in [-0.15, -0.1) is 0 Å². The van der Waals surface area contributed by atoms with E-state index in [1.54, 1.807) is 6.20 Å². The van der Waals surface area contributed by atoms with Crippen molar-refractivity contribution in [2.24, 2.45) is 5.92 Å². The van der Waals surface area contributed by atoms with Crippen LogP contribution in [0, 0.1) is 12.8 Å². The van der Waals surface area contributed by atoms with E-state index in [-0.39, 0.29) is 17.8 Å². The average molecular weight is 192 g/mol. The number of methoxy groups -OCH3 is 1. The van der Waals surface area contributed by atoms with E-state index >= 15 is 0 Å². The van der Waals surface area contributed by atoms with Crippen LogP contribution in [0.15, 0.2) is 12.3 Å². The quantitative estimate of drug-likeness (QED) is 0.657. The lowest BCUT2D eigenvalue weighted by atomic mass is 10.3. The minimum Gasteiger partial charge on any atom is -0.469 e. The Labute approximate surface area is 82.3 Å². The summed E-state index contributed by atoms with van der Waals surface area (Å²) in [4.78, 5) is 19.6. The Balaban J connectivity index is 2.09. The Kier molecular flexibility index (Phi) is 2.19. The summed E-state index contributed by atoms with van der Waals surface area (Å²) in [5.74, 6) is 0.754. The number of aryl methyl sites for hydroxylation is 1. The maximum Gasteiger partial charge on any atom is 0.309 e. The van der Waals surface area contributed by atoms with Crippen molar-refractivity contribution in [3.8, 4) is 0 Å². The fourth-order valence-electron chi connectivity index (χ4n) is 1.54. The first-order valence-electron chi connectivity index (χ1n) is 4.59. The topological polar surface area (TPSA) is 52.1 Å². The third kappa shape index (κ3) is 1.60. The molecule has 0 radical (unpaired) electrons. The Morgan fingerprint density at radius 2 is 2.43 bits per heavy atom. The first kappa shape index (κ1) is 9.12. The summed E-state index contributed by atoms with van der Waals surface area (Å²) < 4.78 is 4.66. The van der Waals surface area contributed by atoms with Crippen LogP contribution in [0.4, 0.5) is 0 Å². The average Bonchev–Trinajstić information content (AvgIpc) is 2.96. The second kappa shape index (κ2) is 3.36. The van der Waals surface area contributed by atoms with Gasteiger partial charge in [-0.25, -0.2) is 9.97 Å². The summed E-state index contributed by atoms with van der Waals surface area (Å²) in [7, 11) is 1.41. The molecule has 1 aliphatic rings. The number of hydrogen-bond donors (Lipinski definition) is 0. The molecule has 1 fully saturated rings. The highest BCUT2D eigenvalue weighted by molar-refractivity contribution is 5.76. The number of esters is 1. The van der Waals surface area contributed by atoms with Crippen molar-refractivity contribution in [1.82, 2.24) is 9.97 Å². The Morgan fingerprint density at radius 1 is 1.64 bits per heavy atom. The zero-order chi connectivity index (χ0) is 10.1. The predicted octanol–water partition coefficient (Wildman–Crippen LogP) is 1.06. The highest BCUT2D eigenvalue weighted by Crippen LogP contribution is 2.46. The van der Waals surface area contributed by atoms with E-state index in [9.17, 15) is 4.79 Å². The van der Waals surface area contributed by atoms with Crippen LogP contribution >= 0.6 is 0 Å². The van der Waals surface area contributed by atoms with Crippen molar-refractivity contribution in [2.75, 3.05) is 7.11 Å². The van der Waals surface area contributed by atoms with Crippen LogP contribution in [0.3, 0.4) is 0 Å². The van der Waals surface area contributed by atoms with E-state index in [0.717, 1.165) is 17.9 Å². The molecular weight excluding hydrogens is 180 g/mol. The second-order valence-corrected chi connectivity index (χ2v) is 3.53. The fourth-order valence-corrected chi connectivity index (χ4v) is 1.54. The van der Waals surface area contributed by atoms with Gasteiger partial charge in [0.25, 0.3) is 0 Å². The number of hydrogen-bond acceptors (Lipinski definition) is 4. The van der Waals surface area contributed by atoms with Gasteiger partial charge in [0.2, 0.25) is 0 Å². The predicted molar refractivity (Wildman–Crippen MR) is 49.6 cm³/mol. The number of ether oxygens (including phenoxy) is 1. The van der Waals surface area contributed by atoms with Crippen molar-refractivity contribution < 1.29 is 9.53 Å². The van der Waals surface area contributed by atoms with E-state index < -0.39 is 0 Å².